The Bertz CT molecular complexity index is 409. The van der Waals surface area contributed by atoms with E-state index in [2.05, 4.69) is 17.8 Å². The highest BCUT2D eigenvalue weighted by Crippen LogP contribution is 2.01. The summed E-state index contributed by atoms with van der Waals surface area (Å²) < 4.78 is 35.7. The Morgan fingerprint density at radius 2 is 1.06 bits per heavy atom. The van der Waals surface area contributed by atoms with Crippen molar-refractivity contribution >= 4 is 34.6 Å². The van der Waals surface area contributed by atoms with Gasteiger partial charge < -0.3 is 9.47 Å². The number of esters is 2. The van der Waals surface area contributed by atoms with E-state index in [9.17, 15) is 27.6 Å². The zero-order valence-electron chi connectivity index (χ0n) is 8.49. The van der Waals surface area contributed by atoms with Gasteiger partial charge in [-0.25, -0.2) is 9.59 Å². The van der Waals surface area contributed by atoms with E-state index in [1.807, 2.05) is 0 Å². The van der Waals surface area contributed by atoms with Gasteiger partial charge in [-0.1, -0.05) is 0 Å². The van der Waals surface area contributed by atoms with Crippen molar-refractivity contribution in [3.63, 3.8) is 0 Å². The standard InChI is InChI=1S/C6H6O10S/c1-3(7)13-5(9)15-17(11,12)16-6(10)14-4(2)8/h1-2H3. The van der Waals surface area contributed by atoms with Crippen molar-refractivity contribution in [2.45, 2.75) is 13.8 Å². The molecule has 0 bridgehead atoms. The van der Waals surface area contributed by atoms with E-state index in [0.29, 0.717) is 0 Å². The molecule has 0 saturated carbocycles. The molecule has 0 unspecified atom stereocenters. The highest BCUT2D eigenvalue weighted by Gasteiger charge is 2.26. The molecule has 0 radical (unpaired) electrons. The average Bonchev–Trinajstić information content (AvgIpc) is 1.95. The Balaban J connectivity index is 4.40. The quantitative estimate of drug-likeness (QED) is 0.482. The Hall–Kier alpha value is -2.17. The van der Waals surface area contributed by atoms with Crippen LogP contribution in [-0.4, -0.2) is 32.7 Å². The van der Waals surface area contributed by atoms with Crippen molar-refractivity contribution in [3.05, 3.63) is 0 Å². The lowest BCUT2D eigenvalue weighted by Crippen LogP contribution is -2.22. The molecule has 0 saturated heterocycles. The lowest BCUT2D eigenvalue weighted by molar-refractivity contribution is -0.136. The molecule has 10 nitrogen and oxygen atoms in total. The minimum Gasteiger partial charge on any atom is -0.360 e. The van der Waals surface area contributed by atoms with E-state index >= 15 is 0 Å². The molecule has 0 heterocycles. The second-order valence-electron chi connectivity index (χ2n) is 2.26. The van der Waals surface area contributed by atoms with Gasteiger partial charge in [0.15, 0.2) is 0 Å². The zero-order chi connectivity index (χ0) is 13.6. The van der Waals surface area contributed by atoms with Crippen molar-refractivity contribution in [3.8, 4) is 0 Å². The molecule has 0 aliphatic heterocycles. The van der Waals surface area contributed by atoms with E-state index in [1.165, 1.54) is 0 Å². The van der Waals surface area contributed by atoms with Crippen LogP contribution in [0.15, 0.2) is 0 Å². The van der Waals surface area contributed by atoms with Crippen LogP contribution in [0.25, 0.3) is 0 Å². The number of rotatable bonds is 2. The van der Waals surface area contributed by atoms with Crippen molar-refractivity contribution in [2.75, 3.05) is 0 Å². The minimum absolute atomic E-state index is 0.804. The summed E-state index contributed by atoms with van der Waals surface area (Å²) in [7, 11) is -5.12. The summed E-state index contributed by atoms with van der Waals surface area (Å²) in [4.78, 5) is 41.5. The first kappa shape index (κ1) is 14.8. The second kappa shape index (κ2) is 5.79. The maximum absolute atomic E-state index is 10.7. The molecule has 11 heteroatoms. The first-order valence-electron chi connectivity index (χ1n) is 3.71. The van der Waals surface area contributed by atoms with E-state index in [1.54, 1.807) is 0 Å². The van der Waals surface area contributed by atoms with Crippen LogP contribution in [0.3, 0.4) is 0 Å². The molecule has 0 aromatic carbocycles. The molecule has 0 fully saturated rings. The predicted octanol–water partition coefficient (Wildman–Crippen LogP) is -0.369. The van der Waals surface area contributed by atoms with E-state index < -0.39 is 34.6 Å². The van der Waals surface area contributed by atoms with Crippen LogP contribution in [0.2, 0.25) is 0 Å². The molecule has 0 aliphatic rings. The summed E-state index contributed by atoms with van der Waals surface area (Å²) in [6.45, 7) is 1.61. The normalized spacial score (nSPS) is 10.0. The van der Waals surface area contributed by atoms with Crippen molar-refractivity contribution < 1.29 is 45.4 Å². The van der Waals surface area contributed by atoms with Crippen molar-refractivity contribution in [2.24, 2.45) is 0 Å². The summed E-state index contributed by atoms with van der Waals surface area (Å²) in [5.41, 5.74) is 0. The largest absolute Gasteiger partial charge is 0.534 e. The first-order valence-corrected chi connectivity index (χ1v) is 5.04. The van der Waals surface area contributed by atoms with Gasteiger partial charge in [0.25, 0.3) is 0 Å². The van der Waals surface area contributed by atoms with Gasteiger partial charge in [-0.15, -0.1) is 8.42 Å². The number of carbonyl (C=O) groups excluding carboxylic acids is 4. The monoisotopic (exact) mass is 270 g/mol. The lowest BCUT2D eigenvalue weighted by Gasteiger charge is -2.03. The van der Waals surface area contributed by atoms with E-state index in [4.69, 9.17) is 0 Å². The summed E-state index contributed by atoms with van der Waals surface area (Å²) in [6.07, 6.45) is -3.85. The fraction of sp³-hybridized carbons (Fsp3) is 0.333. The molecule has 0 rings (SSSR count). The average molecular weight is 270 g/mol. The second-order valence-corrected chi connectivity index (χ2v) is 3.41. The predicted molar refractivity (Wildman–Crippen MR) is 45.4 cm³/mol. The number of hydrogen-bond acceptors (Lipinski definition) is 10. The fourth-order valence-electron chi connectivity index (χ4n) is 0.452. The Morgan fingerprint density at radius 1 is 0.765 bits per heavy atom. The third kappa shape index (κ3) is 7.72. The zero-order valence-corrected chi connectivity index (χ0v) is 9.31. The fourth-order valence-corrected chi connectivity index (χ4v) is 0.888. The van der Waals surface area contributed by atoms with Crippen molar-refractivity contribution in [1.82, 2.24) is 0 Å². The molecule has 0 spiro atoms. The van der Waals surface area contributed by atoms with Crippen LogP contribution < -0.4 is 0 Å². The molecule has 17 heavy (non-hydrogen) atoms. The van der Waals surface area contributed by atoms with Crippen LogP contribution in [0.1, 0.15) is 13.8 Å². The first-order chi connectivity index (χ1) is 7.62. The van der Waals surface area contributed by atoms with Crippen LogP contribution in [0.5, 0.6) is 0 Å². The molecule has 96 valence electrons. The summed E-state index contributed by atoms with van der Waals surface area (Å²) in [5.74, 6) is -2.28. The molecular weight excluding hydrogens is 264 g/mol. The highest BCUT2D eigenvalue weighted by molar-refractivity contribution is 7.82. The molecule has 0 aromatic rings. The van der Waals surface area contributed by atoms with Gasteiger partial charge in [0.1, 0.15) is 0 Å². The van der Waals surface area contributed by atoms with Crippen molar-refractivity contribution in [1.29, 1.82) is 0 Å². The molecule has 0 amide bonds. The van der Waals surface area contributed by atoms with Gasteiger partial charge in [-0.2, -0.15) is 0 Å². The van der Waals surface area contributed by atoms with Gasteiger partial charge in [0.2, 0.25) is 0 Å². The Kier molecular flexibility index (Phi) is 5.05. The number of hydrogen-bond donors (Lipinski definition) is 0. The smallest absolute Gasteiger partial charge is 0.360 e. The van der Waals surface area contributed by atoms with E-state index in [0.717, 1.165) is 13.8 Å². The Labute approximate surface area is 94.7 Å². The summed E-state index contributed by atoms with van der Waals surface area (Å²) in [6, 6.07) is 0. The summed E-state index contributed by atoms with van der Waals surface area (Å²) >= 11 is 0. The highest BCUT2D eigenvalue weighted by atomic mass is 32.3. The van der Waals surface area contributed by atoms with Gasteiger partial charge in [-0.05, 0) is 0 Å². The molecule has 0 aromatic heterocycles. The number of ether oxygens (including phenoxy) is 2. The van der Waals surface area contributed by atoms with Crippen LogP contribution >= 0.6 is 0 Å². The van der Waals surface area contributed by atoms with Crippen LogP contribution in [0, 0.1) is 0 Å². The summed E-state index contributed by atoms with van der Waals surface area (Å²) in [5, 5.41) is 0. The molecular formula is C6H6O10S. The van der Waals surface area contributed by atoms with Gasteiger partial charge >= 0.3 is 34.6 Å². The maximum atomic E-state index is 10.7. The third-order valence-electron chi connectivity index (χ3n) is 0.794. The molecule has 0 N–H and O–H groups in total. The topological polar surface area (TPSA) is 139 Å². The van der Waals surface area contributed by atoms with Crippen LogP contribution in [0.4, 0.5) is 9.59 Å². The van der Waals surface area contributed by atoms with Gasteiger partial charge in [0.05, 0.1) is 0 Å². The van der Waals surface area contributed by atoms with Crippen LogP contribution in [-0.2, 0) is 37.8 Å². The molecule has 0 aliphatic carbocycles. The van der Waals surface area contributed by atoms with Gasteiger partial charge in [-0.3, -0.25) is 18.0 Å². The molecule has 0 atom stereocenters. The number of carbonyl (C=O) groups is 4. The van der Waals surface area contributed by atoms with E-state index in [-0.39, 0.29) is 0 Å². The maximum Gasteiger partial charge on any atom is 0.534 e. The minimum atomic E-state index is -5.12. The SMILES string of the molecule is CC(=O)OC(=O)OS(=O)(=O)OC(=O)OC(C)=O. The Morgan fingerprint density at radius 3 is 1.29 bits per heavy atom. The third-order valence-corrected chi connectivity index (χ3v) is 1.47. The lowest BCUT2D eigenvalue weighted by atomic mass is 10.8. The van der Waals surface area contributed by atoms with Gasteiger partial charge in [0, 0.05) is 13.8 Å².